The van der Waals surface area contributed by atoms with Crippen LogP contribution in [-0.2, 0) is 24.3 Å². The van der Waals surface area contributed by atoms with Crippen LogP contribution in [0.1, 0.15) is 0 Å². The van der Waals surface area contributed by atoms with E-state index in [1.54, 1.807) is 29.6 Å². The molecule has 0 unspecified atom stereocenters. The van der Waals surface area contributed by atoms with Crippen molar-refractivity contribution in [1.29, 1.82) is 0 Å². The lowest BCUT2D eigenvalue weighted by molar-refractivity contribution is 0.331. The molecular formula is C20H18N2O7S3. The highest BCUT2D eigenvalue weighted by atomic mass is 32.2. The number of anilines is 1. The number of hydrogen-bond acceptors (Lipinski definition) is 8. The maximum atomic E-state index is 13.6. The van der Waals surface area contributed by atoms with Gasteiger partial charge in [-0.05, 0) is 35.7 Å². The fraction of sp³-hybridized carbons (Fsp3) is 0.150. The lowest BCUT2D eigenvalue weighted by atomic mass is 10.1. The molecule has 0 saturated carbocycles. The van der Waals surface area contributed by atoms with Crippen molar-refractivity contribution in [1.82, 2.24) is 4.98 Å². The van der Waals surface area contributed by atoms with Crippen LogP contribution in [0.3, 0.4) is 0 Å². The third-order valence-electron chi connectivity index (χ3n) is 4.72. The van der Waals surface area contributed by atoms with Crippen LogP contribution in [0.25, 0.3) is 21.0 Å². The Hall–Kier alpha value is -2.93. The molecule has 2 heterocycles. The Labute approximate surface area is 187 Å². The number of rotatable bonds is 7. The van der Waals surface area contributed by atoms with Gasteiger partial charge in [0.15, 0.2) is 0 Å². The molecule has 168 valence electrons. The zero-order valence-electron chi connectivity index (χ0n) is 16.7. The molecule has 2 N–H and O–H groups in total. The quantitative estimate of drug-likeness (QED) is 0.377. The number of aromatic amines is 1. The average molecular weight is 495 g/mol. The molecule has 0 radical (unpaired) electrons. The molecule has 0 aliphatic carbocycles. The normalized spacial score (nSPS) is 12.4. The number of aromatic nitrogens is 1. The number of phenolic OH excluding ortho intramolecular Hbond substituents is 1. The van der Waals surface area contributed by atoms with Crippen LogP contribution in [0, 0.1) is 0 Å². The summed E-state index contributed by atoms with van der Waals surface area (Å²) in [4.78, 5) is 15.0. The minimum Gasteiger partial charge on any atom is -0.506 e. The largest absolute Gasteiger partial charge is 0.506 e. The number of aromatic hydroxyl groups is 1. The van der Waals surface area contributed by atoms with Crippen LogP contribution in [-0.4, -0.2) is 46.3 Å². The second-order valence-corrected chi connectivity index (χ2v) is 11.3. The van der Waals surface area contributed by atoms with Gasteiger partial charge in [0.05, 0.1) is 29.8 Å². The Kier molecular flexibility index (Phi) is 5.71. The third-order valence-corrected chi connectivity index (χ3v) is 8.04. The van der Waals surface area contributed by atoms with E-state index in [4.69, 9.17) is 4.18 Å². The van der Waals surface area contributed by atoms with Crippen LogP contribution >= 0.6 is 11.3 Å². The van der Waals surface area contributed by atoms with Crippen LogP contribution in [0.5, 0.6) is 5.75 Å². The van der Waals surface area contributed by atoms with E-state index in [9.17, 15) is 26.7 Å². The second kappa shape index (κ2) is 8.20. The van der Waals surface area contributed by atoms with E-state index in [0.717, 1.165) is 10.6 Å². The standard InChI is InChI=1S/C20H18N2O7S3/c1-31(25,26)29-11-10-22(32(27,28)13-5-3-2-4-6-13)18-16(23)8-7-15-17(18)14-9-12-30-19(14)20(24)21-15/h2-9,12,23H,10-11H2,1H3,(H,21,24). The summed E-state index contributed by atoms with van der Waals surface area (Å²) in [6.45, 7) is -0.876. The van der Waals surface area contributed by atoms with Crippen LogP contribution in [0.15, 0.2) is 63.6 Å². The Bertz CT molecular complexity index is 1570. The molecule has 4 aromatic rings. The van der Waals surface area contributed by atoms with Crippen molar-refractivity contribution in [3.63, 3.8) is 0 Å². The minimum absolute atomic E-state index is 0.0539. The van der Waals surface area contributed by atoms with Crippen molar-refractivity contribution in [2.24, 2.45) is 0 Å². The highest BCUT2D eigenvalue weighted by Crippen LogP contribution is 2.41. The summed E-state index contributed by atoms with van der Waals surface area (Å²) in [7, 11) is -8.06. The lowest BCUT2D eigenvalue weighted by Crippen LogP contribution is -2.35. The first kappa shape index (κ1) is 22.3. The summed E-state index contributed by atoms with van der Waals surface area (Å²) in [5, 5.41) is 13.2. The Balaban J connectivity index is 2.00. The molecule has 32 heavy (non-hydrogen) atoms. The van der Waals surface area contributed by atoms with Gasteiger partial charge in [0.1, 0.15) is 16.1 Å². The molecular weight excluding hydrogens is 476 g/mol. The predicted octanol–water partition coefficient (Wildman–Crippen LogP) is 2.62. The summed E-state index contributed by atoms with van der Waals surface area (Å²) < 4.78 is 56.1. The van der Waals surface area contributed by atoms with Gasteiger partial charge < -0.3 is 10.1 Å². The number of nitrogens with zero attached hydrogens (tertiary/aromatic N) is 1. The SMILES string of the molecule is CS(=O)(=O)OCCN(c1c(O)ccc2[nH]c(=O)c3sccc3c12)S(=O)(=O)c1ccccc1. The number of thiophene rings is 1. The average Bonchev–Trinajstić information content (AvgIpc) is 3.23. The number of fused-ring (bicyclic) bond motifs is 3. The maximum absolute atomic E-state index is 13.6. The van der Waals surface area contributed by atoms with Crippen LogP contribution in [0.4, 0.5) is 5.69 Å². The van der Waals surface area contributed by atoms with Crippen molar-refractivity contribution >= 4 is 58.2 Å². The van der Waals surface area contributed by atoms with Crippen molar-refractivity contribution in [3.05, 3.63) is 64.3 Å². The zero-order valence-corrected chi connectivity index (χ0v) is 19.1. The molecule has 2 aromatic heterocycles. The first-order valence-electron chi connectivity index (χ1n) is 9.27. The molecule has 12 heteroatoms. The molecule has 9 nitrogen and oxygen atoms in total. The second-order valence-electron chi connectivity index (χ2n) is 6.89. The monoisotopic (exact) mass is 494 g/mol. The molecule has 0 atom stereocenters. The van der Waals surface area contributed by atoms with Gasteiger partial charge in [-0.25, -0.2) is 8.42 Å². The van der Waals surface area contributed by atoms with Gasteiger partial charge in [-0.1, -0.05) is 18.2 Å². The molecule has 0 saturated heterocycles. The molecule has 4 rings (SSSR count). The summed E-state index contributed by atoms with van der Waals surface area (Å²) in [5.74, 6) is -0.351. The van der Waals surface area contributed by atoms with E-state index < -0.39 is 33.3 Å². The Morgan fingerprint density at radius 2 is 1.78 bits per heavy atom. The lowest BCUT2D eigenvalue weighted by Gasteiger charge is -2.26. The van der Waals surface area contributed by atoms with Gasteiger partial charge in [-0.15, -0.1) is 11.3 Å². The summed E-state index contributed by atoms with van der Waals surface area (Å²) >= 11 is 1.18. The first-order valence-corrected chi connectivity index (χ1v) is 13.4. The third kappa shape index (κ3) is 4.09. The molecule has 0 spiro atoms. The molecule has 0 bridgehead atoms. The van der Waals surface area contributed by atoms with Crippen LogP contribution in [0.2, 0.25) is 0 Å². The van der Waals surface area contributed by atoms with E-state index in [2.05, 4.69) is 4.98 Å². The summed E-state index contributed by atoms with van der Waals surface area (Å²) in [5.41, 5.74) is -0.0916. The van der Waals surface area contributed by atoms with E-state index in [-0.39, 0.29) is 21.9 Å². The number of H-pyrrole nitrogens is 1. The molecule has 0 aliphatic rings. The summed E-state index contributed by atoms with van der Waals surface area (Å²) in [6, 6.07) is 12.0. The summed E-state index contributed by atoms with van der Waals surface area (Å²) in [6.07, 6.45) is 0.859. The number of phenols is 1. The molecule has 0 fully saturated rings. The first-order chi connectivity index (χ1) is 15.1. The molecule has 0 amide bonds. The minimum atomic E-state index is -4.24. The van der Waals surface area contributed by atoms with E-state index in [1.165, 1.54) is 35.6 Å². The highest BCUT2D eigenvalue weighted by Gasteiger charge is 2.30. The van der Waals surface area contributed by atoms with Gasteiger partial charge >= 0.3 is 0 Å². The van der Waals surface area contributed by atoms with Crippen molar-refractivity contribution in [3.8, 4) is 5.75 Å². The van der Waals surface area contributed by atoms with Gasteiger partial charge in [0, 0.05) is 10.8 Å². The van der Waals surface area contributed by atoms with Gasteiger partial charge in [0.2, 0.25) is 0 Å². The van der Waals surface area contributed by atoms with Crippen molar-refractivity contribution in [2.75, 3.05) is 23.7 Å². The van der Waals surface area contributed by atoms with Gasteiger partial charge in [-0.3, -0.25) is 13.3 Å². The smallest absolute Gasteiger partial charge is 0.266 e. The van der Waals surface area contributed by atoms with Crippen LogP contribution < -0.4 is 9.86 Å². The number of benzene rings is 2. The maximum Gasteiger partial charge on any atom is 0.266 e. The number of hydrogen-bond donors (Lipinski definition) is 2. The fourth-order valence-corrected chi connectivity index (χ4v) is 6.08. The zero-order chi connectivity index (χ0) is 23.1. The predicted molar refractivity (Wildman–Crippen MR) is 123 cm³/mol. The Morgan fingerprint density at radius 3 is 2.47 bits per heavy atom. The van der Waals surface area contributed by atoms with Gasteiger partial charge in [-0.2, -0.15) is 8.42 Å². The number of pyridine rings is 1. The Morgan fingerprint density at radius 1 is 1.06 bits per heavy atom. The highest BCUT2D eigenvalue weighted by molar-refractivity contribution is 7.92. The number of sulfonamides is 1. The van der Waals surface area contributed by atoms with Gasteiger partial charge in [0.25, 0.3) is 25.7 Å². The van der Waals surface area contributed by atoms with Crippen molar-refractivity contribution < 1.29 is 26.1 Å². The fourth-order valence-electron chi connectivity index (χ4n) is 3.41. The number of nitrogens with one attached hydrogen (secondary N) is 1. The molecule has 2 aromatic carbocycles. The molecule has 0 aliphatic heterocycles. The van der Waals surface area contributed by atoms with E-state index in [0.29, 0.717) is 21.0 Å². The van der Waals surface area contributed by atoms with E-state index >= 15 is 0 Å². The van der Waals surface area contributed by atoms with Crippen molar-refractivity contribution in [2.45, 2.75) is 4.90 Å². The topological polar surface area (TPSA) is 134 Å². The van der Waals surface area contributed by atoms with E-state index in [1.807, 2.05) is 0 Å².